The van der Waals surface area contributed by atoms with E-state index in [1.54, 1.807) is 12.1 Å². The summed E-state index contributed by atoms with van der Waals surface area (Å²) in [5.74, 6) is -0.524. The molecule has 1 aromatic carbocycles. The molecule has 0 aliphatic carbocycles. The number of amides is 1. The second kappa shape index (κ2) is 6.10. The number of carbonyl (C=O) groups is 1. The third-order valence-electron chi connectivity index (χ3n) is 2.30. The van der Waals surface area contributed by atoms with Crippen LogP contribution in [0.4, 0.5) is 11.4 Å². The Morgan fingerprint density at radius 2 is 2.24 bits per heavy atom. The number of hydrogen-bond donors (Lipinski definition) is 3. The van der Waals surface area contributed by atoms with Crippen LogP contribution in [0.15, 0.2) is 18.2 Å². The Bertz CT molecular complexity index is 393. The molecule has 0 aliphatic heterocycles. The third kappa shape index (κ3) is 3.96. The molecule has 0 spiro atoms. The molecular formula is C12H19N3O2. The van der Waals surface area contributed by atoms with Gasteiger partial charge in [0.15, 0.2) is 0 Å². The summed E-state index contributed by atoms with van der Waals surface area (Å²) >= 11 is 0. The van der Waals surface area contributed by atoms with Gasteiger partial charge in [0, 0.05) is 24.0 Å². The first-order valence-electron chi connectivity index (χ1n) is 5.58. The molecule has 1 rings (SSSR count). The van der Waals surface area contributed by atoms with Crippen molar-refractivity contribution in [1.29, 1.82) is 0 Å². The highest BCUT2D eigenvalue weighted by Crippen LogP contribution is 2.18. The van der Waals surface area contributed by atoms with Crippen LogP contribution in [0, 0.1) is 0 Å². The average molecular weight is 237 g/mol. The lowest BCUT2D eigenvalue weighted by Crippen LogP contribution is -2.22. The van der Waals surface area contributed by atoms with Crippen LogP contribution in [0.3, 0.4) is 0 Å². The number of ether oxygens (including phenoxy) is 1. The van der Waals surface area contributed by atoms with Gasteiger partial charge in [-0.2, -0.15) is 0 Å². The van der Waals surface area contributed by atoms with Crippen molar-refractivity contribution in [2.75, 3.05) is 24.3 Å². The second-order valence-electron chi connectivity index (χ2n) is 3.87. The summed E-state index contributed by atoms with van der Waals surface area (Å²) in [6, 6.07) is 5.28. The summed E-state index contributed by atoms with van der Waals surface area (Å²) in [7, 11) is 0. The van der Waals surface area contributed by atoms with Gasteiger partial charge in [0.25, 0.3) is 5.91 Å². The smallest absolute Gasteiger partial charge is 0.250 e. The van der Waals surface area contributed by atoms with Crippen molar-refractivity contribution in [3.8, 4) is 0 Å². The van der Waals surface area contributed by atoms with Crippen LogP contribution in [0.2, 0.25) is 0 Å². The first-order chi connectivity index (χ1) is 8.04. The van der Waals surface area contributed by atoms with E-state index in [4.69, 9.17) is 16.2 Å². The van der Waals surface area contributed by atoms with E-state index < -0.39 is 5.91 Å². The minimum atomic E-state index is -0.524. The zero-order valence-electron chi connectivity index (χ0n) is 10.2. The summed E-state index contributed by atoms with van der Waals surface area (Å²) < 4.78 is 5.29. The number of rotatable bonds is 6. The number of nitrogens with one attached hydrogen (secondary N) is 1. The minimum absolute atomic E-state index is 0.152. The molecule has 0 fully saturated rings. The highest BCUT2D eigenvalue weighted by molar-refractivity contribution is 5.98. The number of nitrogens with two attached hydrogens (primary N) is 2. The average Bonchev–Trinajstić information content (AvgIpc) is 2.28. The largest absolute Gasteiger partial charge is 0.398 e. The lowest BCUT2D eigenvalue weighted by molar-refractivity contribution is 0.100. The summed E-state index contributed by atoms with van der Waals surface area (Å²) in [5.41, 5.74) is 12.4. The Kier molecular flexibility index (Phi) is 4.78. The number of anilines is 2. The van der Waals surface area contributed by atoms with Crippen molar-refractivity contribution >= 4 is 17.3 Å². The van der Waals surface area contributed by atoms with Crippen LogP contribution in [0.25, 0.3) is 0 Å². The Labute approximate surface area is 101 Å². The van der Waals surface area contributed by atoms with Crippen molar-refractivity contribution in [2.24, 2.45) is 5.73 Å². The predicted molar refractivity (Wildman–Crippen MR) is 69.0 cm³/mol. The fourth-order valence-corrected chi connectivity index (χ4v) is 1.48. The lowest BCUT2D eigenvalue weighted by Gasteiger charge is -2.15. The highest BCUT2D eigenvalue weighted by atomic mass is 16.5. The summed E-state index contributed by atoms with van der Waals surface area (Å²) in [6.07, 6.45) is 0. The monoisotopic (exact) mass is 237 g/mol. The minimum Gasteiger partial charge on any atom is -0.398 e. The van der Waals surface area contributed by atoms with Gasteiger partial charge in [-0.25, -0.2) is 0 Å². The molecule has 0 heterocycles. The topological polar surface area (TPSA) is 90.4 Å². The molecule has 1 unspecified atom stereocenters. The van der Waals surface area contributed by atoms with Crippen molar-refractivity contribution < 1.29 is 9.53 Å². The van der Waals surface area contributed by atoms with Gasteiger partial charge in [-0.15, -0.1) is 0 Å². The van der Waals surface area contributed by atoms with Crippen molar-refractivity contribution in [3.05, 3.63) is 23.8 Å². The van der Waals surface area contributed by atoms with Gasteiger partial charge >= 0.3 is 0 Å². The van der Waals surface area contributed by atoms with Crippen LogP contribution in [0.1, 0.15) is 24.2 Å². The first-order valence-corrected chi connectivity index (χ1v) is 5.58. The van der Waals surface area contributed by atoms with Gasteiger partial charge in [0.2, 0.25) is 0 Å². The maximum Gasteiger partial charge on any atom is 0.250 e. The molecule has 5 nitrogen and oxygen atoms in total. The normalized spacial score (nSPS) is 12.1. The fourth-order valence-electron chi connectivity index (χ4n) is 1.48. The van der Waals surface area contributed by atoms with Crippen molar-refractivity contribution in [1.82, 2.24) is 0 Å². The van der Waals surface area contributed by atoms with E-state index in [9.17, 15) is 4.79 Å². The molecule has 1 aromatic rings. The van der Waals surface area contributed by atoms with Gasteiger partial charge in [-0.05, 0) is 32.0 Å². The Balaban J connectivity index is 2.72. The molecular weight excluding hydrogens is 218 g/mol. The standard InChI is InChI=1S/C12H19N3O2/c1-3-17-7-8(2)15-9-4-5-11(13)10(6-9)12(14)16/h4-6,8,15H,3,7,13H2,1-2H3,(H2,14,16). The number of nitrogen functional groups attached to an aromatic ring is 1. The zero-order chi connectivity index (χ0) is 12.8. The quantitative estimate of drug-likeness (QED) is 0.648. The SMILES string of the molecule is CCOCC(C)Nc1ccc(N)c(C(N)=O)c1. The van der Waals surface area contributed by atoms with E-state index in [1.807, 2.05) is 19.9 Å². The molecule has 0 radical (unpaired) electrons. The molecule has 17 heavy (non-hydrogen) atoms. The molecule has 94 valence electrons. The van der Waals surface area contributed by atoms with Crippen LogP contribution in [0.5, 0.6) is 0 Å². The van der Waals surface area contributed by atoms with E-state index >= 15 is 0 Å². The Morgan fingerprint density at radius 3 is 2.82 bits per heavy atom. The molecule has 0 bridgehead atoms. The summed E-state index contributed by atoms with van der Waals surface area (Å²) in [5, 5.41) is 3.21. The molecule has 1 amide bonds. The van der Waals surface area contributed by atoms with E-state index in [-0.39, 0.29) is 6.04 Å². The number of primary amides is 1. The van der Waals surface area contributed by atoms with Gasteiger partial charge in [-0.3, -0.25) is 4.79 Å². The predicted octanol–water partition coefficient (Wildman–Crippen LogP) is 1.20. The lowest BCUT2D eigenvalue weighted by atomic mass is 10.1. The van der Waals surface area contributed by atoms with Crippen LogP contribution in [-0.4, -0.2) is 25.2 Å². The first kappa shape index (κ1) is 13.3. The molecule has 1 atom stereocenters. The number of carbonyl (C=O) groups excluding carboxylic acids is 1. The van der Waals surface area contributed by atoms with Crippen LogP contribution < -0.4 is 16.8 Å². The van der Waals surface area contributed by atoms with Crippen LogP contribution >= 0.6 is 0 Å². The zero-order valence-corrected chi connectivity index (χ0v) is 10.2. The van der Waals surface area contributed by atoms with Gasteiger partial charge in [-0.1, -0.05) is 0 Å². The fraction of sp³-hybridized carbons (Fsp3) is 0.417. The molecule has 5 heteroatoms. The van der Waals surface area contributed by atoms with Crippen LogP contribution in [-0.2, 0) is 4.74 Å². The maximum absolute atomic E-state index is 11.1. The third-order valence-corrected chi connectivity index (χ3v) is 2.30. The van der Waals surface area contributed by atoms with Gasteiger partial charge in [0.05, 0.1) is 12.2 Å². The molecule has 0 saturated heterocycles. The van der Waals surface area contributed by atoms with E-state index in [1.165, 1.54) is 0 Å². The Hall–Kier alpha value is -1.75. The van der Waals surface area contributed by atoms with Gasteiger partial charge < -0.3 is 21.5 Å². The van der Waals surface area contributed by atoms with E-state index in [0.29, 0.717) is 24.5 Å². The highest BCUT2D eigenvalue weighted by Gasteiger charge is 2.08. The van der Waals surface area contributed by atoms with Crippen molar-refractivity contribution in [3.63, 3.8) is 0 Å². The van der Waals surface area contributed by atoms with E-state index in [0.717, 1.165) is 5.69 Å². The van der Waals surface area contributed by atoms with Gasteiger partial charge in [0.1, 0.15) is 0 Å². The molecule has 0 aromatic heterocycles. The second-order valence-corrected chi connectivity index (χ2v) is 3.87. The molecule has 5 N–H and O–H groups in total. The summed E-state index contributed by atoms with van der Waals surface area (Å²) in [6.45, 7) is 5.23. The molecule has 0 saturated carbocycles. The Morgan fingerprint density at radius 1 is 1.53 bits per heavy atom. The maximum atomic E-state index is 11.1. The number of hydrogen-bond acceptors (Lipinski definition) is 4. The van der Waals surface area contributed by atoms with E-state index in [2.05, 4.69) is 5.32 Å². The van der Waals surface area contributed by atoms with Crippen molar-refractivity contribution in [2.45, 2.75) is 19.9 Å². The summed E-state index contributed by atoms with van der Waals surface area (Å²) in [4.78, 5) is 11.1. The number of benzene rings is 1. The molecule has 0 aliphatic rings.